The van der Waals surface area contributed by atoms with Gasteiger partial charge in [0.25, 0.3) is 5.91 Å². The molecule has 0 spiro atoms. The number of carbonyl (C=O) groups is 1. The average molecular weight is 360 g/mol. The second kappa shape index (κ2) is 6.98. The fraction of sp³-hybridized carbons (Fsp3) is 0.111. The highest BCUT2D eigenvalue weighted by molar-refractivity contribution is 7.14. The minimum atomic E-state index is -0.576. The third kappa shape index (κ3) is 3.66. The Kier molecular flexibility index (Phi) is 4.76. The molecule has 0 aliphatic carbocycles. The Labute approximate surface area is 147 Å². The van der Waals surface area contributed by atoms with Gasteiger partial charge in [-0.1, -0.05) is 6.07 Å². The van der Waals surface area contributed by atoms with Gasteiger partial charge in [-0.05, 0) is 42.8 Å². The quantitative estimate of drug-likeness (QED) is 0.736. The van der Waals surface area contributed by atoms with Crippen LogP contribution in [0.5, 0.6) is 5.75 Å². The minimum Gasteiger partial charge on any atom is -0.496 e. The molecule has 3 rings (SSSR count). The minimum absolute atomic E-state index is 0.0498. The maximum absolute atomic E-state index is 13.8. The largest absolute Gasteiger partial charge is 0.496 e. The van der Waals surface area contributed by atoms with Gasteiger partial charge in [0.15, 0.2) is 5.13 Å². The molecule has 2 aromatic carbocycles. The molecule has 0 aliphatic heterocycles. The summed E-state index contributed by atoms with van der Waals surface area (Å²) in [4.78, 5) is 16.5. The molecule has 25 heavy (non-hydrogen) atoms. The maximum atomic E-state index is 13.8. The van der Waals surface area contributed by atoms with Crippen LogP contribution in [0.3, 0.4) is 0 Å². The van der Waals surface area contributed by atoms with Gasteiger partial charge >= 0.3 is 0 Å². The number of methoxy groups -OCH3 is 1. The highest BCUT2D eigenvalue weighted by Gasteiger charge is 2.14. The molecule has 4 nitrogen and oxygen atoms in total. The Morgan fingerprint density at radius 2 is 2.00 bits per heavy atom. The standard InChI is InChI=1S/C18H14F2N2O2S/c1-10-3-4-11(7-16(10)24-2)17(23)22-18-21-15(9-25-18)13-8-12(19)5-6-14(13)20/h3-9H,1-2H3,(H,21,22,23). The first-order chi connectivity index (χ1) is 12.0. The predicted molar refractivity (Wildman–Crippen MR) is 93.2 cm³/mol. The van der Waals surface area contributed by atoms with Gasteiger partial charge in [0.1, 0.15) is 17.4 Å². The van der Waals surface area contributed by atoms with E-state index in [1.54, 1.807) is 23.6 Å². The lowest BCUT2D eigenvalue weighted by Crippen LogP contribution is -2.12. The van der Waals surface area contributed by atoms with Gasteiger partial charge in [-0.3, -0.25) is 10.1 Å². The van der Waals surface area contributed by atoms with Gasteiger partial charge in [-0.25, -0.2) is 13.8 Å². The zero-order chi connectivity index (χ0) is 18.0. The van der Waals surface area contributed by atoms with Crippen molar-refractivity contribution < 1.29 is 18.3 Å². The monoisotopic (exact) mass is 360 g/mol. The van der Waals surface area contributed by atoms with E-state index < -0.39 is 11.6 Å². The van der Waals surface area contributed by atoms with E-state index in [2.05, 4.69) is 10.3 Å². The Hall–Kier alpha value is -2.80. The fourth-order valence-corrected chi connectivity index (χ4v) is 2.98. The van der Waals surface area contributed by atoms with Gasteiger partial charge in [-0.2, -0.15) is 0 Å². The average Bonchev–Trinajstić information content (AvgIpc) is 3.05. The first-order valence-corrected chi connectivity index (χ1v) is 8.23. The number of thiazole rings is 1. The lowest BCUT2D eigenvalue weighted by Gasteiger charge is -2.07. The normalized spacial score (nSPS) is 10.6. The zero-order valence-electron chi connectivity index (χ0n) is 13.5. The molecule has 0 saturated carbocycles. The van der Waals surface area contributed by atoms with Gasteiger partial charge in [0, 0.05) is 16.5 Å². The molecule has 1 aromatic heterocycles. The van der Waals surface area contributed by atoms with Crippen LogP contribution in [0.2, 0.25) is 0 Å². The summed E-state index contributed by atoms with van der Waals surface area (Å²) in [5, 5.41) is 4.50. The summed E-state index contributed by atoms with van der Waals surface area (Å²) in [7, 11) is 1.53. The van der Waals surface area contributed by atoms with E-state index >= 15 is 0 Å². The molecule has 1 N–H and O–H groups in total. The topological polar surface area (TPSA) is 51.2 Å². The van der Waals surface area contributed by atoms with Crippen molar-refractivity contribution in [3.05, 3.63) is 64.5 Å². The number of nitrogens with zero attached hydrogens (tertiary/aromatic N) is 1. The molecular weight excluding hydrogens is 346 g/mol. The highest BCUT2D eigenvalue weighted by atomic mass is 32.1. The number of anilines is 1. The molecule has 128 valence electrons. The molecule has 0 atom stereocenters. The molecule has 0 radical (unpaired) electrons. The van der Waals surface area contributed by atoms with Crippen LogP contribution in [0.15, 0.2) is 41.8 Å². The van der Waals surface area contributed by atoms with Gasteiger partial charge in [0.05, 0.1) is 12.8 Å². The number of benzene rings is 2. The van der Waals surface area contributed by atoms with Crippen LogP contribution in [-0.4, -0.2) is 18.0 Å². The number of amides is 1. The molecule has 0 bridgehead atoms. The SMILES string of the molecule is COc1cc(C(=O)Nc2nc(-c3cc(F)ccc3F)cs2)ccc1C. The molecule has 0 saturated heterocycles. The predicted octanol–water partition coefficient (Wildman–Crippen LogP) is 4.66. The second-order valence-electron chi connectivity index (χ2n) is 5.30. The number of nitrogens with one attached hydrogen (secondary N) is 1. The Bertz CT molecular complexity index is 941. The van der Waals surface area contributed by atoms with Crippen LogP contribution in [-0.2, 0) is 0 Å². The van der Waals surface area contributed by atoms with Crippen LogP contribution in [0.25, 0.3) is 11.3 Å². The van der Waals surface area contributed by atoms with E-state index in [-0.39, 0.29) is 17.2 Å². The molecule has 0 aliphatic rings. The molecule has 0 unspecified atom stereocenters. The van der Waals surface area contributed by atoms with Gasteiger partial charge < -0.3 is 4.74 Å². The number of halogens is 2. The molecule has 0 fully saturated rings. The van der Waals surface area contributed by atoms with Gasteiger partial charge in [-0.15, -0.1) is 11.3 Å². The Balaban J connectivity index is 1.81. The van der Waals surface area contributed by atoms with Crippen molar-refractivity contribution in [1.29, 1.82) is 0 Å². The molecule has 1 heterocycles. The number of rotatable bonds is 4. The number of ether oxygens (including phenoxy) is 1. The summed E-state index contributed by atoms with van der Waals surface area (Å²) < 4.78 is 32.3. The van der Waals surface area contributed by atoms with E-state index in [1.807, 2.05) is 6.92 Å². The Morgan fingerprint density at radius 1 is 1.20 bits per heavy atom. The van der Waals surface area contributed by atoms with Crippen LogP contribution in [0.1, 0.15) is 15.9 Å². The lowest BCUT2D eigenvalue weighted by atomic mass is 10.1. The van der Waals surface area contributed by atoms with E-state index in [9.17, 15) is 13.6 Å². The molecular formula is C18H14F2N2O2S. The fourth-order valence-electron chi connectivity index (χ4n) is 2.28. The first-order valence-electron chi connectivity index (χ1n) is 7.35. The number of hydrogen-bond acceptors (Lipinski definition) is 4. The summed E-state index contributed by atoms with van der Waals surface area (Å²) in [6, 6.07) is 8.24. The lowest BCUT2D eigenvalue weighted by molar-refractivity contribution is 0.102. The van der Waals surface area contributed by atoms with E-state index in [1.165, 1.54) is 7.11 Å². The van der Waals surface area contributed by atoms with Crippen molar-refractivity contribution in [2.75, 3.05) is 12.4 Å². The zero-order valence-corrected chi connectivity index (χ0v) is 14.3. The number of aryl methyl sites for hydroxylation is 1. The van der Waals surface area contributed by atoms with Crippen molar-refractivity contribution in [3.63, 3.8) is 0 Å². The van der Waals surface area contributed by atoms with Crippen molar-refractivity contribution in [3.8, 4) is 17.0 Å². The highest BCUT2D eigenvalue weighted by Crippen LogP contribution is 2.28. The van der Waals surface area contributed by atoms with Crippen LogP contribution >= 0.6 is 11.3 Å². The number of carbonyl (C=O) groups excluding carboxylic acids is 1. The van der Waals surface area contributed by atoms with Crippen molar-refractivity contribution in [2.24, 2.45) is 0 Å². The summed E-state index contributed by atoms with van der Waals surface area (Å²) >= 11 is 1.13. The second-order valence-corrected chi connectivity index (χ2v) is 6.16. The van der Waals surface area contributed by atoms with Gasteiger partial charge in [0.2, 0.25) is 0 Å². The first kappa shape index (κ1) is 17.0. The summed E-state index contributed by atoms with van der Waals surface area (Å²) in [6.45, 7) is 1.88. The van der Waals surface area contributed by atoms with Crippen LogP contribution < -0.4 is 10.1 Å². The number of aromatic nitrogens is 1. The summed E-state index contributed by atoms with van der Waals surface area (Å²) in [5.41, 5.74) is 1.64. The third-order valence-electron chi connectivity index (χ3n) is 3.60. The van der Waals surface area contributed by atoms with E-state index in [0.29, 0.717) is 16.4 Å². The van der Waals surface area contributed by atoms with Crippen molar-refractivity contribution >= 4 is 22.4 Å². The van der Waals surface area contributed by atoms with Crippen LogP contribution in [0.4, 0.5) is 13.9 Å². The van der Waals surface area contributed by atoms with Crippen molar-refractivity contribution in [1.82, 2.24) is 4.98 Å². The number of hydrogen-bond donors (Lipinski definition) is 1. The van der Waals surface area contributed by atoms with Crippen LogP contribution in [0, 0.1) is 18.6 Å². The van der Waals surface area contributed by atoms with Crippen molar-refractivity contribution in [2.45, 2.75) is 6.92 Å². The molecule has 1 amide bonds. The van der Waals surface area contributed by atoms with E-state index in [4.69, 9.17) is 4.74 Å². The summed E-state index contributed by atoms with van der Waals surface area (Å²) in [5.74, 6) is -0.886. The molecule has 3 aromatic rings. The maximum Gasteiger partial charge on any atom is 0.257 e. The third-order valence-corrected chi connectivity index (χ3v) is 4.36. The van der Waals surface area contributed by atoms with E-state index in [0.717, 1.165) is 35.1 Å². The summed E-state index contributed by atoms with van der Waals surface area (Å²) in [6.07, 6.45) is 0. The molecule has 7 heteroatoms. The Morgan fingerprint density at radius 3 is 2.76 bits per heavy atom. The smallest absolute Gasteiger partial charge is 0.257 e.